The van der Waals surface area contributed by atoms with Crippen molar-refractivity contribution in [3.8, 4) is 0 Å². The van der Waals surface area contributed by atoms with Crippen molar-refractivity contribution in [2.24, 2.45) is 5.73 Å². The molecule has 0 aromatic rings. The number of carbonyl (C=O) groups is 1. The zero-order chi connectivity index (χ0) is 8.69. The van der Waals surface area contributed by atoms with Crippen LogP contribution in [0.2, 0.25) is 0 Å². The first kappa shape index (κ1) is 9.71. The molecular weight excluding hydrogens is 142 g/mol. The average Bonchev–Trinajstić information content (AvgIpc) is 1.97. The first-order chi connectivity index (χ1) is 5.20. The lowest BCUT2D eigenvalue weighted by atomic mass is 10.2. The maximum atomic E-state index is 10.3. The molecule has 0 aromatic carbocycles. The number of amides is 2. The second kappa shape index (κ2) is 5.49. The smallest absolute Gasteiger partial charge is 0.312 e. The number of allylic oxidation sites excluding steroid dienone is 1. The predicted octanol–water partition coefficient (Wildman–Crippen LogP) is -0.643. The van der Waals surface area contributed by atoms with Crippen molar-refractivity contribution in [1.29, 1.82) is 0 Å². The summed E-state index contributed by atoms with van der Waals surface area (Å²) >= 11 is 0. The van der Waals surface area contributed by atoms with Crippen LogP contribution in [-0.4, -0.2) is 12.6 Å². The van der Waals surface area contributed by atoms with E-state index in [1.807, 2.05) is 19.1 Å². The van der Waals surface area contributed by atoms with Crippen LogP contribution in [0.15, 0.2) is 23.9 Å². The van der Waals surface area contributed by atoms with Crippen molar-refractivity contribution < 1.29 is 10.5 Å². The normalized spacial score (nSPS) is 12.0. The third kappa shape index (κ3) is 5.17. The van der Waals surface area contributed by atoms with Gasteiger partial charge in [-0.2, -0.15) is 0 Å². The Bertz CT molecular complexity index is 184. The summed E-state index contributed by atoms with van der Waals surface area (Å²) in [5, 5.41) is 2.46. The van der Waals surface area contributed by atoms with E-state index < -0.39 is 6.03 Å². The minimum absolute atomic E-state index is 0.434. The molecule has 0 unspecified atom stereocenters. The molecule has 0 atom stereocenters. The third-order valence-corrected chi connectivity index (χ3v) is 1.11. The molecule has 11 heavy (non-hydrogen) atoms. The van der Waals surface area contributed by atoms with E-state index in [1.165, 1.54) is 0 Å². The molecule has 0 saturated heterocycles. The van der Waals surface area contributed by atoms with Gasteiger partial charge >= 0.3 is 6.03 Å². The summed E-state index contributed by atoms with van der Waals surface area (Å²) in [6, 6.07) is -0.520. The Hall–Kier alpha value is -1.29. The fraction of sp³-hybridized carbons (Fsp3) is 0.286. The van der Waals surface area contributed by atoms with Crippen LogP contribution in [0.5, 0.6) is 0 Å². The van der Waals surface area contributed by atoms with Gasteiger partial charge in [-0.1, -0.05) is 12.2 Å². The molecule has 0 spiro atoms. The van der Waals surface area contributed by atoms with E-state index in [0.717, 1.165) is 5.57 Å². The van der Waals surface area contributed by atoms with Crippen molar-refractivity contribution in [2.45, 2.75) is 6.92 Å². The molecule has 0 rings (SSSR count). The van der Waals surface area contributed by atoms with E-state index in [4.69, 9.17) is 5.73 Å². The summed E-state index contributed by atoms with van der Waals surface area (Å²) in [7, 11) is 0. The van der Waals surface area contributed by atoms with Crippen LogP contribution in [0.4, 0.5) is 4.79 Å². The number of rotatable bonds is 3. The molecule has 0 bridgehead atoms. The average molecular weight is 156 g/mol. The Kier molecular flexibility index (Phi) is 4.85. The number of primary amides is 1. The maximum Gasteiger partial charge on any atom is 0.312 e. The summed E-state index contributed by atoms with van der Waals surface area (Å²) < 4.78 is 0. The van der Waals surface area contributed by atoms with Gasteiger partial charge in [0.2, 0.25) is 0 Å². The van der Waals surface area contributed by atoms with Gasteiger partial charge in [0.25, 0.3) is 0 Å². The van der Waals surface area contributed by atoms with Crippen LogP contribution >= 0.6 is 0 Å². The van der Waals surface area contributed by atoms with E-state index in [2.05, 4.69) is 11.1 Å². The Morgan fingerprint density at radius 2 is 2.36 bits per heavy atom. The number of hydrogen-bond acceptors (Lipinski definition) is 1. The predicted molar refractivity (Wildman–Crippen MR) is 43.4 cm³/mol. The number of carbonyl (C=O) groups excluding carboxylic acids is 1. The van der Waals surface area contributed by atoms with Gasteiger partial charge in [-0.15, -0.1) is 0 Å². The monoisotopic (exact) mass is 156 g/mol. The number of urea groups is 1. The highest BCUT2D eigenvalue weighted by atomic mass is 16.2. The molecule has 0 aliphatic carbocycles. The topological polar surface area (TPSA) is 82.8 Å². The number of quaternary nitrogens is 1. The molecule has 0 saturated carbocycles. The second-order valence-corrected chi connectivity index (χ2v) is 2.00. The summed E-state index contributed by atoms with van der Waals surface area (Å²) in [4.78, 5) is 10.3. The van der Waals surface area contributed by atoms with Crippen LogP contribution in [0.3, 0.4) is 0 Å². The standard InChI is InChI=1S/C7H13N3O/c1-2-3-6(4-8)5-10-7(9)11/h2-4H,5,8H2,1H3,(H3,9,10,11)/p+1/b3-2-,6-4+. The minimum Gasteiger partial charge on any atom is -0.352 e. The largest absolute Gasteiger partial charge is 0.352 e. The van der Waals surface area contributed by atoms with Crippen molar-refractivity contribution in [3.05, 3.63) is 23.9 Å². The van der Waals surface area contributed by atoms with Gasteiger partial charge in [-0.25, -0.2) is 4.79 Å². The van der Waals surface area contributed by atoms with E-state index >= 15 is 0 Å². The summed E-state index contributed by atoms with van der Waals surface area (Å²) in [6.07, 6.45) is 5.42. The minimum atomic E-state index is -0.520. The quantitative estimate of drug-likeness (QED) is 0.466. The van der Waals surface area contributed by atoms with Crippen LogP contribution in [0.25, 0.3) is 0 Å². The fourth-order valence-electron chi connectivity index (χ4n) is 0.602. The van der Waals surface area contributed by atoms with Crippen LogP contribution in [0, 0.1) is 0 Å². The zero-order valence-electron chi connectivity index (χ0n) is 6.63. The van der Waals surface area contributed by atoms with Crippen LogP contribution in [-0.2, 0) is 0 Å². The SMILES string of the molecule is C/C=C\C(=C/[NH3+])CNC(N)=O. The lowest BCUT2D eigenvalue weighted by molar-refractivity contribution is -0.276. The third-order valence-electron chi connectivity index (χ3n) is 1.11. The molecule has 2 amide bonds. The second-order valence-electron chi connectivity index (χ2n) is 2.00. The van der Waals surface area contributed by atoms with Crippen molar-refractivity contribution >= 4 is 6.03 Å². The molecular formula is C7H14N3O+. The molecule has 0 aliphatic rings. The van der Waals surface area contributed by atoms with E-state index in [9.17, 15) is 4.79 Å². The first-order valence-corrected chi connectivity index (χ1v) is 3.35. The number of nitrogens with one attached hydrogen (secondary N) is 1. The van der Waals surface area contributed by atoms with Gasteiger partial charge in [-0.05, 0) is 6.92 Å². The van der Waals surface area contributed by atoms with Crippen molar-refractivity contribution in [3.63, 3.8) is 0 Å². The molecule has 4 nitrogen and oxygen atoms in total. The van der Waals surface area contributed by atoms with Gasteiger partial charge in [0.15, 0.2) is 0 Å². The van der Waals surface area contributed by atoms with Gasteiger partial charge in [0.05, 0.1) is 6.20 Å². The van der Waals surface area contributed by atoms with Gasteiger partial charge < -0.3 is 16.8 Å². The number of nitrogens with two attached hydrogens (primary N) is 1. The van der Waals surface area contributed by atoms with E-state index in [0.29, 0.717) is 6.54 Å². The molecule has 0 heterocycles. The molecule has 6 N–H and O–H groups in total. The van der Waals surface area contributed by atoms with Crippen LogP contribution < -0.4 is 16.8 Å². The summed E-state index contributed by atoms with van der Waals surface area (Å²) in [5.41, 5.74) is 9.38. The highest BCUT2D eigenvalue weighted by Crippen LogP contribution is 1.90. The number of hydrogen-bond donors (Lipinski definition) is 3. The Balaban J connectivity index is 3.81. The maximum absolute atomic E-state index is 10.3. The highest BCUT2D eigenvalue weighted by molar-refractivity contribution is 5.71. The Morgan fingerprint density at radius 1 is 1.73 bits per heavy atom. The fourth-order valence-corrected chi connectivity index (χ4v) is 0.602. The molecule has 0 aromatic heterocycles. The molecule has 62 valence electrons. The Labute approximate surface area is 65.9 Å². The first-order valence-electron chi connectivity index (χ1n) is 3.35. The van der Waals surface area contributed by atoms with Gasteiger partial charge in [0, 0.05) is 12.1 Å². The highest BCUT2D eigenvalue weighted by Gasteiger charge is 1.94. The van der Waals surface area contributed by atoms with Crippen molar-refractivity contribution in [2.75, 3.05) is 6.54 Å². The van der Waals surface area contributed by atoms with Gasteiger partial charge in [-0.3, -0.25) is 0 Å². The lowest BCUT2D eigenvalue weighted by Crippen LogP contribution is -2.41. The van der Waals surface area contributed by atoms with Crippen LogP contribution in [0.1, 0.15) is 6.92 Å². The van der Waals surface area contributed by atoms with Gasteiger partial charge in [0.1, 0.15) is 0 Å². The Morgan fingerprint density at radius 3 is 2.73 bits per heavy atom. The summed E-state index contributed by atoms with van der Waals surface area (Å²) in [6.45, 7) is 2.33. The lowest BCUT2D eigenvalue weighted by Gasteiger charge is -1.98. The molecule has 4 heteroatoms. The van der Waals surface area contributed by atoms with E-state index in [-0.39, 0.29) is 0 Å². The van der Waals surface area contributed by atoms with E-state index in [1.54, 1.807) is 6.20 Å². The van der Waals surface area contributed by atoms with Crippen molar-refractivity contribution in [1.82, 2.24) is 5.32 Å². The molecule has 0 radical (unpaired) electrons. The zero-order valence-corrected chi connectivity index (χ0v) is 6.63. The molecule has 0 fully saturated rings. The molecule has 0 aliphatic heterocycles. The summed E-state index contributed by atoms with van der Waals surface area (Å²) in [5.74, 6) is 0.